The average Bonchev–Trinajstić information content (AvgIpc) is 2.86. The first kappa shape index (κ1) is 10.0. The summed E-state index contributed by atoms with van der Waals surface area (Å²) in [4.78, 5) is 4.18. The van der Waals surface area contributed by atoms with Gasteiger partial charge in [-0.3, -0.25) is 0 Å². The number of hydrogen-bond acceptors (Lipinski definition) is 2. The van der Waals surface area contributed by atoms with E-state index in [1.54, 1.807) is 10.7 Å². The van der Waals surface area contributed by atoms with Gasteiger partial charge in [-0.15, -0.1) is 0 Å². The van der Waals surface area contributed by atoms with E-state index in [1.165, 1.54) is 5.56 Å². The predicted molar refractivity (Wildman–Crippen MR) is 67.8 cm³/mol. The van der Waals surface area contributed by atoms with Crippen LogP contribution >= 0.6 is 0 Å². The lowest BCUT2D eigenvalue weighted by Gasteiger charge is -2.02. The van der Waals surface area contributed by atoms with Crippen LogP contribution in [0, 0.1) is 0 Å². The molecule has 0 fully saturated rings. The molecule has 0 amide bonds. The molecule has 1 aromatic carbocycles. The van der Waals surface area contributed by atoms with E-state index in [0.717, 1.165) is 23.3 Å². The van der Waals surface area contributed by atoms with Crippen molar-refractivity contribution in [3.8, 4) is 11.3 Å². The minimum atomic E-state index is 0.874. The summed E-state index contributed by atoms with van der Waals surface area (Å²) in [6, 6.07) is 12.5. The summed E-state index contributed by atoms with van der Waals surface area (Å²) < 4.78 is 1.79. The SMILES string of the molecule is CCc1ccc(-c2ccc3nccn3n2)cc1. The molecule has 2 aromatic heterocycles. The van der Waals surface area contributed by atoms with Gasteiger partial charge < -0.3 is 0 Å². The van der Waals surface area contributed by atoms with Gasteiger partial charge in [-0.1, -0.05) is 31.2 Å². The van der Waals surface area contributed by atoms with Crippen LogP contribution in [-0.2, 0) is 6.42 Å². The number of imidazole rings is 1. The van der Waals surface area contributed by atoms with Gasteiger partial charge in [0.05, 0.1) is 5.69 Å². The Hall–Kier alpha value is -2.16. The second-order valence-electron chi connectivity index (χ2n) is 4.00. The Balaban J connectivity index is 2.06. The predicted octanol–water partition coefficient (Wildman–Crippen LogP) is 2.96. The first-order chi connectivity index (χ1) is 8.36. The summed E-state index contributed by atoms with van der Waals surface area (Å²) in [7, 11) is 0. The summed E-state index contributed by atoms with van der Waals surface area (Å²) in [6.07, 6.45) is 4.68. The van der Waals surface area contributed by atoms with Crippen LogP contribution in [0.2, 0.25) is 0 Å². The summed E-state index contributed by atoms with van der Waals surface area (Å²) in [6.45, 7) is 2.16. The lowest BCUT2D eigenvalue weighted by molar-refractivity contribution is 0.942. The van der Waals surface area contributed by atoms with E-state index in [9.17, 15) is 0 Å². The monoisotopic (exact) mass is 223 g/mol. The van der Waals surface area contributed by atoms with E-state index >= 15 is 0 Å². The minimum absolute atomic E-state index is 0.874. The van der Waals surface area contributed by atoms with Crippen LogP contribution in [0.15, 0.2) is 48.8 Å². The molecular formula is C14H13N3. The Labute approximate surface area is 99.7 Å². The molecule has 2 heterocycles. The normalized spacial score (nSPS) is 10.9. The molecule has 0 saturated carbocycles. The molecule has 0 spiro atoms. The fraction of sp³-hybridized carbons (Fsp3) is 0.143. The van der Waals surface area contributed by atoms with Crippen LogP contribution in [0.4, 0.5) is 0 Å². The number of rotatable bonds is 2. The molecular weight excluding hydrogens is 210 g/mol. The van der Waals surface area contributed by atoms with E-state index in [1.807, 2.05) is 18.3 Å². The fourth-order valence-corrected chi connectivity index (χ4v) is 1.88. The first-order valence-electron chi connectivity index (χ1n) is 5.76. The molecule has 0 radical (unpaired) electrons. The van der Waals surface area contributed by atoms with Gasteiger partial charge in [0.25, 0.3) is 0 Å². The Morgan fingerprint density at radius 2 is 1.88 bits per heavy atom. The van der Waals surface area contributed by atoms with Crippen molar-refractivity contribution >= 4 is 5.65 Å². The first-order valence-corrected chi connectivity index (χ1v) is 5.76. The molecule has 0 aliphatic rings. The highest BCUT2D eigenvalue weighted by molar-refractivity contribution is 5.60. The zero-order valence-electron chi connectivity index (χ0n) is 9.67. The van der Waals surface area contributed by atoms with Crippen molar-refractivity contribution < 1.29 is 0 Å². The van der Waals surface area contributed by atoms with Gasteiger partial charge in [0, 0.05) is 18.0 Å². The highest BCUT2D eigenvalue weighted by Gasteiger charge is 2.01. The van der Waals surface area contributed by atoms with E-state index in [0.29, 0.717) is 0 Å². The van der Waals surface area contributed by atoms with Crippen molar-refractivity contribution in [3.63, 3.8) is 0 Å². The third kappa shape index (κ3) is 1.80. The van der Waals surface area contributed by atoms with Crippen molar-refractivity contribution in [2.24, 2.45) is 0 Å². The maximum absolute atomic E-state index is 4.52. The Morgan fingerprint density at radius 3 is 2.65 bits per heavy atom. The lowest BCUT2D eigenvalue weighted by Crippen LogP contribution is -1.93. The molecule has 0 unspecified atom stereocenters. The number of benzene rings is 1. The molecule has 0 saturated heterocycles. The second-order valence-corrected chi connectivity index (χ2v) is 4.00. The zero-order chi connectivity index (χ0) is 11.7. The quantitative estimate of drug-likeness (QED) is 0.668. The van der Waals surface area contributed by atoms with Crippen LogP contribution in [0.1, 0.15) is 12.5 Å². The second kappa shape index (κ2) is 4.01. The summed E-state index contributed by atoms with van der Waals surface area (Å²) in [5, 5.41) is 4.52. The van der Waals surface area contributed by atoms with Gasteiger partial charge >= 0.3 is 0 Å². The number of nitrogens with zero attached hydrogens (tertiary/aromatic N) is 3. The standard InChI is InChI=1S/C14H13N3/c1-2-11-3-5-12(6-4-11)13-7-8-14-15-9-10-17(14)16-13/h3-10H,2H2,1H3. The fourth-order valence-electron chi connectivity index (χ4n) is 1.88. The van der Waals surface area contributed by atoms with Gasteiger partial charge in [-0.25, -0.2) is 9.50 Å². The van der Waals surface area contributed by atoms with Crippen LogP contribution in [0.25, 0.3) is 16.9 Å². The van der Waals surface area contributed by atoms with Crippen molar-refractivity contribution in [2.45, 2.75) is 13.3 Å². The summed E-state index contributed by atoms with van der Waals surface area (Å²) in [5.74, 6) is 0. The van der Waals surface area contributed by atoms with Gasteiger partial charge in [0.1, 0.15) is 0 Å². The van der Waals surface area contributed by atoms with Gasteiger partial charge in [-0.2, -0.15) is 5.10 Å². The maximum atomic E-state index is 4.52. The van der Waals surface area contributed by atoms with Gasteiger partial charge in [0.15, 0.2) is 5.65 Å². The smallest absolute Gasteiger partial charge is 0.153 e. The highest BCUT2D eigenvalue weighted by Crippen LogP contribution is 2.17. The molecule has 0 aliphatic heterocycles. The minimum Gasteiger partial charge on any atom is -0.236 e. The van der Waals surface area contributed by atoms with Gasteiger partial charge in [-0.05, 0) is 24.1 Å². The van der Waals surface area contributed by atoms with Crippen molar-refractivity contribution in [3.05, 3.63) is 54.4 Å². The molecule has 3 rings (SSSR count). The van der Waals surface area contributed by atoms with Crippen LogP contribution in [0.3, 0.4) is 0 Å². The van der Waals surface area contributed by atoms with Crippen LogP contribution in [0.5, 0.6) is 0 Å². The Kier molecular flexibility index (Phi) is 2.37. The van der Waals surface area contributed by atoms with E-state index < -0.39 is 0 Å². The van der Waals surface area contributed by atoms with Crippen molar-refractivity contribution in [1.29, 1.82) is 0 Å². The topological polar surface area (TPSA) is 30.2 Å². The van der Waals surface area contributed by atoms with Crippen molar-refractivity contribution in [1.82, 2.24) is 14.6 Å². The zero-order valence-corrected chi connectivity index (χ0v) is 9.67. The van der Waals surface area contributed by atoms with E-state index in [4.69, 9.17) is 0 Å². The molecule has 0 N–H and O–H groups in total. The van der Waals surface area contributed by atoms with Crippen molar-refractivity contribution in [2.75, 3.05) is 0 Å². The Bertz CT molecular complexity index is 638. The van der Waals surface area contributed by atoms with E-state index in [-0.39, 0.29) is 0 Å². The van der Waals surface area contributed by atoms with Gasteiger partial charge in [0.2, 0.25) is 0 Å². The molecule has 3 nitrogen and oxygen atoms in total. The molecule has 0 aliphatic carbocycles. The number of aryl methyl sites for hydroxylation is 1. The lowest BCUT2D eigenvalue weighted by atomic mass is 10.1. The number of aromatic nitrogens is 3. The summed E-state index contributed by atoms with van der Waals surface area (Å²) in [5.41, 5.74) is 4.33. The average molecular weight is 223 g/mol. The number of fused-ring (bicyclic) bond motifs is 1. The molecule has 3 heteroatoms. The maximum Gasteiger partial charge on any atom is 0.153 e. The third-order valence-corrected chi connectivity index (χ3v) is 2.91. The molecule has 17 heavy (non-hydrogen) atoms. The highest BCUT2D eigenvalue weighted by atomic mass is 15.2. The van der Waals surface area contributed by atoms with Crippen LogP contribution < -0.4 is 0 Å². The molecule has 0 bridgehead atoms. The van der Waals surface area contributed by atoms with Crippen LogP contribution in [-0.4, -0.2) is 14.6 Å². The largest absolute Gasteiger partial charge is 0.236 e. The molecule has 3 aromatic rings. The van der Waals surface area contributed by atoms with E-state index in [2.05, 4.69) is 41.3 Å². The summed E-state index contributed by atoms with van der Waals surface area (Å²) >= 11 is 0. The molecule has 84 valence electrons. The third-order valence-electron chi connectivity index (χ3n) is 2.91. The molecule has 0 atom stereocenters. The Morgan fingerprint density at radius 1 is 1.06 bits per heavy atom. The number of hydrogen-bond donors (Lipinski definition) is 0.